The number of nitrogens with zero attached hydrogens (tertiary/aromatic N) is 1. The second kappa shape index (κ2) is 7.04. The van der Waals surface area contributed by atoms with Crippen molar-refractivity contribution < 1.29 is 19.4 Å². The Labute approximate surface area is 119 Å². The van der Waals surface area contributed by atoms with Crippen LogP contribution in [-0.2, 0) is 14.3 Å². The summed E-state index contributed by atoms with van der Waals surface area (Å²) in [5.41, 5.74) is 0. The molecule has 0 bridgehead atoms. The minimum absolute atomic E-state index is 0.179. The van der Waals surface area contributed by atoms with Gasteiger partial charge in [0.15, 0.2) is 6.10 Å². The molecule has 2 aliphatic rings. The molecule has 0 aliphatic carbocycles. The summed E-state index contributed by atoms with van der Waals surface area (Å²) in [6.45, 7) is 6.05. The average molecular weight is 284 g/mol. The van der Waals surface area contributed by atoms with E-state index in [-0.39, 0.29) is 5.91 Å². The first-order chi connectivity index (χ1) is 9.56. The molecule has 0 spiro atoms. The van der Waals surface area contributed by atoms with Crippen LogP contribution >= 0.6 is 0 Å². The Morgan fingerprint density at radius 2 is 1.95 bits per heavy atom. The van der Waals surface area contributed by atoms with Gasteiger partial charge in [0.1, 0.15) is 6.10 Å². The predicted octanol–water partition coefficient (Wildman–Crippen LogP) is 0.467. The Hall–Kier alpha value is -1.14. The standard InChI is InChI=1S/C14H24N2O4/c1-10(9-16-6-2-3-7-16)8-15-13(17)11-4-5-12(20-11)14(18)19/h10-12H,2-9H2,1H3,(H,15,17)(H,18,19). The van der Waals surface area contributed by atoms with Crippen LogP contribution in [0.25, 0.3) is 0 Å². The predicted molar refractivity (Wildman–Crippen MR) is 73.4 cm³/mol. The zero-order valence-electron chi connectivity index (χ0n) is 12.0. The van der Waals surface area contributed by atoms with Crippen molar-refractivity contribution in [2.75, 3.05) is 26.2 Å². The van der Waals surface area contributed by atoms with Gasteiger partial charge in [0, 0.05) is 13.1 Å². The van der Waals surface area contributed by atoms with E-state index < -0.39 is 18.2 Å². The van der Waals surface area contributed by atoms with E-state index in [1.807, 2.05) is 0 Å². The highest BCUT2D eigenvalue weighted by atomic mass is 16.5. The van der Waals surface area contributed by atoms with Crippen molar-refractivity contribution in [3.8, 4) is 0 Å². The van der Waals surface area contributed by atoms with Gasteiger partial charge in [0.2, 0.25) is 5.91 Å². The highest BCUT2D eigenvalue weighted by Gasteiger charge is 2.34. The quantitative estimate of drug-likeness (QED) is 0.741. The molecule has 20 heavy (non-hydrogen) atoms. The van der Waals surface area contributed by atoms with Crippen LogP contribution in [0.5, 0.6) is 0 Å². The van der Waals surface area contributed by atoms with Gasteiger partial charge in [-0.15, -0.1) is 0 Å². The van der Waals surface area contributed by atoms with Gasteiger partial charge in [-0.25, -0.2) is 4.79 Å². The number of likely N-dealkylation sites (tertiary alicyclic amines) is 1. The minimum atomic E-state index is -0.984. The molecular formula is C14H24N2O4. The minimum Gasteiger partial charge on any atom is -0.479 e. The molecule has 0 aromatic rings. The van der Waals surface area contributed by atoms with Crippen molar-refractivity contribution in [3.05, 3.63) is 0 Å². The zero-order chi connectivity index (χ0) is 14.5. The second-order valence-electron chi connectivity index (χ2n) is 5.89. The molecule has 2 fully saturated rings. The van der Waals surface area contributed by atoms with Crippen molar-refractivity contribution in [2.24, 2.45) is 5.92 Å². The van der Waals surface area contributed by atoms with Crippen molar-refractivity contribution in [2.45, 2.75) is 44.8 Å². The molecule has 2 aliphatic heterocycles. The van der Waals surface area contributed by atoms with Gasteiger partial charge in [-0.3, -0.25) is 4.79 Å². The summed E-state index contributed by atoms with van der Waals surface area (Å²) >= 11 is 0. The molecule has 0 aromatic heterocycles. The average Bonchev–Trinajstić information content (AvgIpc) is 3.06. The Kier molecular flexibility index (Phi) is 5.37. The number of aliphatic carboxylic acids is 1. The molecular weight excluding hydrogens is 260 g/mol. The van der Waals surface area contributed by atoms with Crippen LogP contribution in [-0.4, -0.2) is 60.3 Å². The molecule has 3 unspecified atom stereocenters. The summed E-state index contributed by atoms with van der Waals surface area (Å²) in [4.78, 5) is 25.1. The van der Waals surface area contributed by atoms with Crippen molar-refractivity contribution in [1.82, 2.24) is 10.2 Å². The lowest BCUT2D eigenvalue weighted by Gasteiger charge is -2.21. The van der Waals surface area contributed by atoms with Crippen LogP contribution in [0.3, 0.4) is 0 Å². The van der Waals surface area contributed by atoms with Gasteiger partial charge in [-0.2, -0.15) is 0 Å². The zero-order valence-corrected chi connectivity index (χ0v) is 12.0. The summed E-state index contributed by atoms with van der Waals surface area (Å²) in [5.74, 6) is -0.765. The lowest BCUT2D eigenvalue weighted by atomic mass is 10.1. The van der Waals surface area contributed by atoms with Gasteiger partial charge < -0.3 is 20.1 Å². The van der Waals surface area contributed by atoms with E-state index in [1.165, 1.54) is 12.8 Å². The Balaban J connectivity index is 1.65. The van der Waals surface area contributed by atoms with Crippen LogP contribution in [0.2, 0.25) is 0 Å². The molecule has 3 atom stereocenters. The van der Waals surface area contributed by atoms with Gasteiger partial charge >= 0.3 is 5.97 Å². The van der Waals surface area contributed by atoms with Crippen LogP contribution in [0.1, 0.15) is 32.6 Å². The van der Waals surface area contributed by atoms with E-state index in [0.717, 1.165) is 19.6 Å². The molecule has 2 saturated heterocycles. The van der Waals surface area contributed by atoms with E-state index in [0.29, 0.717) is 25.3 Å². The maximum atomic E-state index is 11.9. The molecule has 0 radical (unpaired) electrons. The number of carboxylic acids is 1. The first-order valence-corrected chi connectivity index (χ1v) is 7.44. The van der Waals surface area contributed by atoms with Gasteiger partial charge in [0.25, 0.3) is 0 Å². The number of hydrogen-bond donors (Lipinski definition) is 2. The van der Waals surface area contributed by atoms with E-state index in [2.05, 4.69) is 17.1 Å². The van der Waals surface area contributed by atoms with Gasteiger partial charge in [-0.05, 0) is 44.7 Å². The summed E-state index contributed by atoms with van der Waals surface area (Å²) < 4.78 is 5.23. The number of rotatable bonds is 6. The van der Waals surface area contributed by atoms with E-state index >= 15 is 0 Å². The number of carbonyl (C=O) groups is 2. The molecule has 2 N–H and O–H groups in total. The SMILES string of the molecule is CC(CNC(=O)C1CCC(C(=O)O)O1)CN1CCCC1. The number of ether oxygens (including phenoxy) is 1. The van der Waals surface area contributed by atoms with Crippen LogP contribution in [0.15, 0.2) is 0 Å². The van der Waals surface area contributed by atoms with Gasteiger partial charge in [-0.1, -0.05) is 6.92 Å². The van der Waals surface area contributed by atoms with Crippen LogP contribution < -0.4 is 5.32 Å². The highest BCUT2D eigenvalue weighted by molar-refractivity contribution is 5.82. The number of carboxylic acid groups (broad SMARTS) is 1. The van der Waals surface area contributed by atoms with E-state index in [1.54, 1.807) is 0 Å². The number of amides is 1. The normalized spacial score (nSPS) is 28.4. The molecule has 2 rings (SSSR count). The smallest absolute Gasteiger partial charge is 0.332 e. The lowest BCUT2D eigenvalue weighted by Crippen LogP contribution is -2.40. The molecule has 1 amide bonds. The Morgan fingerprint density at radius 1 is 1.30 bits per heavy atom. The topological polar surface area (TPSA) is 78.9 Å². The fourth-order valence-corrected chi connectivity index (χ4v) is 2.87. The fraction of sp³-hybridized carbons (Fsp3) is 0.857. The summed E-state index contributed by atoms with van der Waals surface area (Å²) in [5, 5.41) is 11.7. The molecule has 114 valence electrons. The van der Waals surface area contributed by atoms with Crippen molar-refractivity contribution >= 4 is 11.9 Å². The van der Waals surface area contributed by atoms with E-state index in [9.17, 15) is 9.59 Å². The van der Waals surface area contributed by atoms with Crippen LogP contribution in [0, 0.1) is 5.92 Å². The summed E-state index contributed by atoms with van der Waals surface area (Å²) in [6.07, 6.45) is 2.01. The molecule has 0 saturated carbocycles. The number of nitrogens with one attached hydrogen (secondary N) is 1. The maximum absolute atomic E-state index is 11.9. The fourth-order valence-electron chi connectivity index (χ4n) is 2.87. The van der Waals surface area contributed by atoms with Crippen molar-refractivity contribution in [3.63, 3.8) is 0 Å². The number of carbonyl (C=O) groups excluding carboxylic acids is 1. The number of hydrogen-bond acceptors (Lipinski definition) is 4. The molecule has 0 aromatic carbocycles. The van der Waals surface area contributed by atoms with Crippen molar-refractivity contribution in [1.29, 1.82) is 0 Å². The Bertz CT molecular complexity index is 355. The molecule has 2 heterocycles. The van der Waals surface area contributed by atoms with E-state index in [4.69, 9.17) is 9.84 Å². The summed E-state index contributed by atoms with van der Waals surface area (Å²) in [6, 6.07) is 0. The maximum Gasteiger partial charge on any atom is 0.332 e. The largest absolute Gasteiger partial charge is 0.479 e. The monoisotopic (exact) mass is 284 g/mol. The molecule has 6 nitrogen and oxygen atoms in total. The highest BCUT2D eigenvalue weighted by Crippen LogP contribution is 2.20. The van der Waals surface area contributed by atoms with Crippen LogP contribution in [0.4, 0.5) is 0 Å². The Morgan fingerprint density at radius 3 is 2.55 bits per heavy atom. The third-order valence-corrected chi connectivity index (χ3v) is 3.98. The second-order valence-corrected chi connectivity index (χ2v) is 5.89. The third-order valence-electron chi connectivity index (χ3n) is 3.98. The first kappa shape index (κ1) is 15.3. The van der Waals surface area contributed by atoms with Gasteiger partial charge in [0.05, 0.1) is 0 Å². The summed E-state index contributed by atoms with van der Waals surface area (Å²) in [7, 11) is 0. The molecule has 6 heteroatoms. The lowest BCUT2D eigenvalue weighted by molar-refractivity contribution is -0.151. The third kappa shape index (κ3) is 4.18. The first-order valence-electron chi connectivity index (χ1n) is 7.44.